The molecule has 1 fully saturated rings. The molecule has 0 bridgehead atoms. The van der Waals surface area contributed by atoms with Gasteiger partial charge in [0, 0.05) is 37.5 Å². The Morgan fingerprint density at radius 1 is 1.04 bits per heavy atom. The predicted octanol–water partition coefficient (Wildman–Crippen LogP) is 3.02. The van der Waals surface area contributed by atoms with E-state index >= 15 is 0 Å². The lowest BCUT2D eigenvalue weighted by Gasteiger charge is -2.22. The van der Waals surface area contributed by atoms with Crippen molar-refractivity contribution in [1.82, 2.24) is 14.8 Å². The maximum atomic E-state index is 12.7. The van der Waals surface area contributed by atoms with Gasteiger partial charge in [-0.3, -0.25) is 14.4 Å². The van der Waals surface area contributed by atoms with E-state index in [2.05, 4.69) is 14.8 Å². The van der Waals surface area contributed by atoms with Crippen LogP contribution in [0.3, 0.4) is 0 Å². The number of sulfonamides is 1. The number of ether oxygens (including phenoxy) is 1. The summed E-state index contributed by atoms with van der Waals surface area (Å²) in [6.07, 6.45) is 8.97. The number of nitrogens with zero attached hydrogens (tertiary/aromatic N) is 3. The van der Waals surface area contributed by atoms with Crippen molar-refractivity contribution in [2.75, 3.05) is 17.9 Å². The van der Waals surface area contributed by atoms with Crippen molar-refractivity contribution >= 4 is 15.7 Å². The third kappa shape index (κ3) is 4.40. The van der Waals surface area contributed by atoms with Gasteiger partial charge in [0.2, 0.25) is 0 Å². The topological polar surface area (TPSA) is 86.1 Å². The molecular weight excluding hydrogens is 376 g/mol. The summed E-state index contributed by atoms with van der Waals surface area (Å²) in [4.78, 5) is 4.18. The molecule has 4 rings (SSSR count). The van der Waals surface area contributed by atoms with E-state index in [1.165, 1.54) is 6.20 Å². The minimum atomic E-state index is -3.68. The summed E-state index contributed by atoms with van der Waals surface area (Å²) in [6.45, 7) is 1.35. The molecule has 146 valence electrons. The van der Waals surface area contributed by atoms with E-state index in [4.69, 9.17) is 4.74 Å². The highest BCUT2D eigenvalue weighted by molar-refractivity contribution is 7.92. The van der Waals surface area contributed by atoms with Crippen molar-refractivity contribution < 1.29 is 13.2 Å². The molecule has 0 atom stereocenters. The second-order valence-corrected chi connectivity index (χ2v) is 8.52. The first kappa shape index (κ1) is 18.6. The average molecular weight is 398 g/mol. The Hall–Kier alpha value is -2.71. The van der Waals surface area contributed by atoms with Crippen LogP contribution in [0.1, 0.15) is 30.0 Å². The number of hydrogen-bond acceptors (Lipinski definition) is 5. The van der Waals surface area contributed by atoms with Crippen LogP contribution in [0.4, 0.5) is 5.69 Å². The summed E-state index contributed by atoms with van der Waals surface area (Å²) >= 11 is 0. The number of anilines is 1. The maximum absolute atomic E-state index is 12.7. The number of aromatic nitrogens is 3. The molecule has 1 N–H and O–H groups in total. The van der Waals surface area contributed by atoms with E-state index in [0.717, 1.165) is 30.4 Å². The van der Waals surface area contributed by atoms with Crippen LogP contribution in [0.15, 0.2) is 66.1 Å². The van der Waals surface area contributed by atoms with Crippen LogP contribution >= 0.6 is 0 Å². The first-order valence-corrected chi connectivity index (χ1v) is 10.7. The SMILES string of the molecule is O=S(=O)(Nc1ccc(Cc2ccncc2)cc1)c1cnn(C2CCOCC2)c1. The summed E-state index contributed by atoms with van der Waals surface area (Å²) in [5.74, 6) is 0. The van der Waals surface area contributed by atoms with Gasteiger partial charge in [-0.2, -0.15) is 5.10 Å². The van der Waals surface area contributed by atoms with Crippen LogP contribution in [0.5, 0.6) is 0 Å². The summed E-state index contributed by atoms with van der Waals surface area (Å²) in [5, 5.41) is 4.25. The average Bonchev–Trinajstić information content (AvgIpc) is 3.22. The molecule has 3 heterocycles. The van der Waals surface area contributed by atoms with Crippen LogP contribution in [0, 0.1) is 0 Å². The third-order valence-corrected chi connectivity index (χ3v) is 6.15. The molecule has 0 saturated carbocycles. The van der Waals surface area contributed by atoms with Gasteiger partial charge in [0.05, 0.1) is 12.2 Å². The first-order valence-electron chi connectivity index (χ1n) is 9.23. The van der Waals surface area contributed by atoms with Gasteiger partial charge in [-0.15, -0.1) is 0 Å². The van der Waals surface area contributed by atoms with Crippen LogP contribution in [0.25, 0.3) is 0 Å². The first-order chi connectivity index (χ1) is 13.6. The van der Waals surface area contributed by atoms with Gasteiger partial charge in [-0.1, -0.05) is 12.1 Å². The molecule has 3 aromatic rings. The van der Waals surface area contributed by atoms with Gasteiger partial charge < -0.3 is 4.74 Å². The Morgan fingerprint density at radius 3 is 2.43 bits per heavy atom. The molecule has 0 spiro atoms. The molecule has 2 aromatic heterocycles. The third-order valence-electron chi connectivity index (χ3n) is 4.82. The van der Waals surface area contributed by atoms with E-state index in [1.54, 1.807) is 35.4 Å². The van der Waals surface area contributed by atoms with Crippen LogP contribution in [-0.4, -0.2) is 36.4 Å². The number of nitrogens with one attached hydrogen (secondary N) is 1. The Bertz CT molecular complexity index is 1010. The van der Waals surface area contributed by atoms with Gasteiger partial charge in [0.15, 0.2) is 0 Å². The zero-order valence-electron chi connectivity index (χ0n) is 15.4. The van der Waals surface area contributed by atoms with Crippen LogP contribution in [0.2, 0.25) is 0 Å². The minimum Gasteiger partial charge on any atom is -0.381 e. The highest BCUT2D eigenvalue weighted by Gasteiger charge is 2.21. The van der Waals surface area contributed by atoms with Gasteiger partial charge >= 0.3 is 0 Å². The highest BCUT2D eigenvalue weighted by atomic mass is 32.2. The lowest BCUT2D eigenvalue weighted by molar-refractivity contribution is 0.0662. The Balaban J connectivity index is 1.43. The summed E-state index contributed by atoms with van der Waals surface area (Å²) in [6, 6.07) is 11.5. The van der Waals surface area contributed by atoms with Crippen LogP contribution in [-0.2, 0) is 21.2 Å². The summed E-state index contributed by atoms with van der Waals surface area (Å²) in [5.41, 5.74) is 2.78. The largest absolute Gasteiger partial charge is 0.381 e. The summed E-state index contributed by atoms with van der Waals surface area (Å²) < 4.78 is 35.1. The zero-order valence-corrected chi connectivity index (χ0v) is 16.2. The van der Waals surface area contributed by atoms with Crippen molar-refractivity contribution in [3.63, 3.8) is 0 Å². The Labute approximate surface area is 164 Å². The maximum Gasteiger partial charge on any atom is 0.265 e. The number of rotatable bonds is 6. The van der Waals surface area contributed by atoms with Gasteiger partial charge in [-0.05, 0) is 54.7 Å². The van der Waals surface area contributed by atoms with Gasteiger partial charge in [-0.25, -0.2) is 8.42 Å². The fourth-order valence-electron chi connectivity index (χ4n) is 3.25. The summed E-state index contributed by atoms with van der Waals surface area (Å²) in [7, 11) is -3.68. The van der Waals surface area contributed by atoms with E-state index in [0.29, 0.717) is 18.9 Å². The Kier molecular flexibility index (Phi) is 5.40. The fourth-order valence-corrected chi connectivity index (χ4v) is 4.25. The number of benzene rings is 1. The lowest BCUT2D eigenvalue weighted by Crippen LogP contribution is -2.20. The van der Waals surface area contributed by atoms with Gasteiger partial charge in [0.25, 0.3) is 10.0 Å². The number of hydrogen-bond donors (Lipinski definition) is 1. The normalized spacial score (nSPS) is 15.4. The lowest BCUT2D eigenvalue weighted by atomic mass is 10.1. The molecular formula is C20H22N4O3S. The highest BCUT2D eigenvalue weighted by Crippen LogP contribution is 2.23. The predicted molar refractivity (Wildman–Crippen MR) is 106 cm³/mol. The van der Waals surface area contributed by atoms with E-state index in [-0.39, 0.29) is 10.9 Å². The van der Waals surface area contributed by atoms with E-state index in [9.17, 15) is 8.42 Å². The van der Waals surface area contributed by atoms with Crippen molar-refractivity contribution in [3.05, 3.63) is 72.3 Å². The van der Waals surface area contributed by atoms with Gasteiger partial charge in [0.1, 0.15) is 4.90 Å². The van der Waals surface area contributed by atoms with Crippen molar-refractivity contribution in [3.8, 4) is 0 Å². The molecule has 0 unspecified atom stereocenters. The molecule has 0 radical (unpaired) electrons. The second-order valence-electron chi connectivity index (χ2n) is 6.83. The molecule has 1 aliphatic heterocycles. The molecule has 0 aliphatic carbocycles. The molecule has 28 heavy (non-hydrogen) atoms. The van der Waals surface area contributed by atoms with Crippen LogP contribution < -0.4 is 4.72 Å². The second kappa shape index (κ2) is 8.12. The number of pyridine rings is 1. The molecule has 1 saturated heterocycles. The standard InChI is InChI=1S/C20H22N4O3S/c25-28(26,20-14-22-24(15-20)19-7-11-27-12-8-19)23-18-3-1-16(2-4-18)13-17-5-9-21-10-6-17/h1-6,9-10,14-15,19,23H,7-8,11-13H2. The smallest absolute Gasteiger partial charge is 0.265 e. The molecule has 1 aliphatic rings. The molecule has 0 amide bonds. The molecule has 8 heteroatoms. The van der Waals surface area contributed by atoms with Crippen molar-refractivity contribution in [2.45, 2.75) is 30.2 Å². The van der Waals surface area contributed by atoms with Crippen molar-refractivity contribution in [2.24, 2.45) is 0 Å². The monoisotopic (exact) mass is 398 g/mol. The molecule has 1 aromatic carbocycles. The van der Waals surface area contributed by atoms with E-state index in [1.807, 2.05) is 24.3 Å². The van der Waals surface area contributed by atoms with E-state index < -0.39 is 10.0 Å². The minimum absolute atomic E-state index is 0.167. The fraction of sp³-hybridized carbons (Fsp3) is 0.300. The van der Waals surface area contributed by atoms with Crippen molar-refractivity contribution in [1.29, 1.82) is 0 Å². The quantitative estimate of drug-likeness (QED) is 0.690. The Morgan fingerprint density at radius 2 is 1.71 bits per heavy atom. The zero-order chi connectivity index (χ0) is 19.4. The molecule has 7 nitrogen and oxygen atoms in total.